The number of rotatable bonds is 5. The molecule has 0 bridgehead atoms. The summed E-state index contributed by atoms with van der Waals surface area (Å²) in [6, 6.07) is 2.92. The Labute approximate surface area is 126 Å². The molecule has 23 heavy (non-hydrogen) atoms. The summed E-state index contributed by atoms with van der Waals surface area (Å²) in [5.41, 5.74) is 0.204. The molecule has 0 unspecified atom stereocenters. The quantitative estimate of drug-likeness (QED) is 0.410. The van der Waals surface area contributed by atoms with E-state index in [2.05, 4.69) is 20.5 Å². The zero-order chi connectivity index (χ0) is 17.0. The van der Waals surface area contributed by atoms with Crippen LogP contribution in [0.3, 0.4) is 0 Å². The Morgan fingerprint density at radius 3 is 2.65 bits per heavy atom. The van der Waals surface area contributed by atoms with Crippen LogP contribution >= 0.6 is 0 Å². The van der Waals surface area contributed by atoms with Gasteiger partial charge in [-0.1, -0.05) is 0 Å². The largest absolute Gasteiger partial charge is 0.493 e. The van der Waals surface area contributed by atoms with Crippen LogP contribution in [0, 0.1) is 20.2 Å². The van der Waals surface area contributed by atoms with Crippen molar-refractivity contribution in [3.05, 3.63) is 60.7 Å². The summed E-state index contributed by atoms with van der Waals surface area (Å²) in [6.07, 6.45) is 1.90. The smallest absolute Gasteiger partial charge is 0.301 e. The van der Waals surface area contributed by atoms with Gasteiger partial charge in [-0.15, -0.1) is 0 Å². The van der Waals surface area contributed by atoms with Crippen LogP contribution in [0.2, 0.25) is 0 Å². The fourth-order valence-electron chi connectivity index (χ4n) is 1.56. The minimum absolute atomic E-state index is 0.128. The van der Waals surface area contributed by atoms with Gasteiger partial charge in [-0.25, -0.2) is 4.98 Å². The standard InChI is InChI=1S/C11H8N6O6/c18-10-7(11(19)13-5-12-10)4-14-15-8-2-1-6(16(20)21)3-9(8)17(22)23/h1-5,15H,(H2,12,13,18,19)/b14-4+. The number of nitrogens with one attached hydrogen (secondary N) is 2. The molecule has 0 amide bonds. The maximum atomic E-state index is 11.4. The van der Waals surface area contributed by atoms with Crippen LogP contribution in [0.1, 0.15) is 5.56 Å². The molecule has 1 aromatic heterocycles. The van der Waals surface area contributed by atoms with E-state index < -0.39 is 32.7 Å². The average molecular weight is 320 g/mol. The fraction of sp³-hybridized carbons (Fsp3) is 0. The van der Waals surface area contributed by atoms with Gasteiger partial charge >= 0.3 is 5.69 Å². The Bertz CT molecular complexity index is 860. The van der Waals surface area contributed by atoms with Gasteiger partial charge in [0.25, 0.3) is 11.2 Å². The molecule has 2 aromatic rings. The summed E-state index contributed by atoms with van der Waals surface area (Å²) in [5.74, 6) is -0.572. The summed E-state index contributed by atoms with van der Waals surface area (Å²) >= 11 is 0. The zero-order valence-corrected chi connectivity index (χ0v) is 11.2. The number of nitro groups is 2. The number of hydrogen-bond donors (Lipinski definition) is 3. The molecule has 0 aliphatic rings. The molecule has 12 heteroatoms. The normalized spacial score (nSPS) is 10.6. The molecule has 0 spiro atoms. The van der Waals surface area contributed by atoms with Crippen molar-refractivity contribution in [2.45, 2.75) is 0 Å². The molecule has 0 fully saturated rings. The Hall–Kier alpha value is -3.83. The van der Waals surface area contributed by atoms with Gasteiger partial charge in [0.15, 0.2) is 0 Å². The highest BCUT2D eigenvalue weighted by atomic mass is 16.6. The molecule has 0 saturated heterocycles. The van der Waals surface area contributed by atoms with E-state index in [4.69, 9.17) is 0 Å². The molecule has 1 aromatic carbocycles. The van der Waals surface area contributed by atoms with Gasteiger partial charge in [0.05, 0.1) is 28.5 Å². The summed E-state index contributed by atoms with van der Waals surface area (Å²) in [6.45, 7) is 0. The molecule has 0 aliphatic heterocycles. The lowest BCUT2D eigenvalue weighted by Gasteiger charge is -2.02. The highest BCUT2D eigenvalue weighted by molar-refractivity contribution is 5.82. The molecule has 0 saturated carbocycles. The number of aromatic nitrogens is 2. The minimum Gasteiger partial charge on any atom is -0.493 e. The molecule has 0 radical (unpaired) electrons. The van der Waals surface area contributed by atoms with E-state index in [0.29, 0.717) is 0 Å². The van der Waals surface area contributed by atoms with Crippen molar-refractivity contribution in [2.75, 3.05) is 5.43 Å². The van der Waals surface area contributed by atoms with Gasteiger partial charge in [-0.05, 0) is 6.07 Å². The average Bonchev–Trinajstić information content (AvgIpc) is 2.50. The molecular formula is C11H8N6O6. The number of aromatic amines is 1. The first-order valence-corrected chi connectivity index (χ1v) is 5.88. The second kappa shape index (κ2) is 6.30. The molecule has 0 aliphatic carbocycles. The van der Waals surface area contributed by atoms with E-state index in [0.717, 1.165) is 30.7 Å². The summed E-state index contributed by atoms with van der Waals surface area (Å²) in [5, 5.41) is 34.5. The fourth-order valence-corrected chi connectivity index (χ4v) is 1.56. The molecule has 3 N–H and O–H groups in total. The lowest BCUT2D eigenvalue weighted by Crippen LogP contribution is -2.12. The second-order valence-corrected chi connectivity index (χ2v) is 4.05. The molecule has 0 atom stereocenters. The third-order valence-corrected chi connectivity index (χ3v) is 2.64. The van der Waals surface area contributed by atoms with Crippen LogP contribution in [0.5, 0.6) is 5.88 Å². The first-order valence-electron chi connectivity index (χ1n) is 5.88. The van der Waals surface area contributed by atoms with Gasteiger partial charge in [0.1, 0.15) is 11.3 Å². The predicted molar refractivity (Wildman–Crippen MR) is 77.5 cm³/mol. The summed E-state index contributed by atoms with van der Waals surface area (Å²) in [4.78, 5) is 37.0. The van der Waals surface area contributed by atoms with Gasteiger partial charge in [0.2, 0.25) is 5.88 Å². The number of hydrazone groups is 1. The van der Waals surface area contributed by atoms with Crippen LogP contribution in [0.25, 0.3) is 0 Å². The first kappa shape index (κ1) is 15.6. The Morgan fingerprint density at radius 2 is 2.04 bits per heavy atom. The number of H-pyrrole nitrogens is 1. The van der Waals surface area contributed by atoms with E-state index in [1.54, 1.807) is 0 Å². The number of hydrogen-bond acceptors (Lipinski definition) is 9. The maximum absolute atomic E-state index is 11.4. The van der Waals surface area contributed by atoms with Gasteiger partial charge in [-0.3, -0.25) is 30.4 Å². The topological polar surface area (TPSA) is 177 Å². The van der Waals surface area contributed by atoms with Crippen molar-refractivity contribution >= 4 is 23.3 Å². The van der Waals surface area contributed by atoms with Crippen molar-refractivity contribution in [3.63, 3.8) is 0 Å². The lowest BCUT2D eigenvalue weighted by molar-refractivity contribution is -0.393. The molecule has 12 nitrogen and oxygen atoms in total. The van der Waals surface area contributed by atoms with E-state index in [9.17, 15) is 30.1 Å². The van der Waals surface area contributed by atoms with Crippen molar-refractivity contribution in [3.8, 4) is 5.88 Å². The SMILES string of the molecule is O=c1[nH]cnc(O)c1/C=N/Nc1ccc([N+](=O)[O-])cc1[N+](=O)[O-]. The van der Waals surface area contributed by atoms with E-state index in [1.165, 1.54) is 0 Å². The van der Waals surface area contributed by atoms with E-state index in [1.807, 2.05) is 0 Å². The number of benzene rings is 1. The lowest BCUT2D eigenvalue weighted by atomic mass is 10.2. The summed E-state index contributed by atoms with van der Waals surface area (Å²) in [7, 11) is 0. The first-order chi connectivity index (χ1) is 10.9. The molecule has 118 valence electrons. The van der Waals surface area contributed by atoms with E-state index in [-0.39, 0.29) is 11.3 Å². The van der Waals surface area contributed by atoms with Crippen molar-refractivity contribution in [2.24, 2.45) is 5.10 Å². The van der Waals surface area contributed by atoms with Crippen molar-refractivity contribution in [1.29, 1.82) is 0 Å². The number of nitro benzene ring substituents is 2. The third kappa shape index (κ3) is 3.44. The van der Waals surface area contributed by atoms with Crippen LogP contribution in [-0.2, 0) is 0 Å². The van der Waals surface area contributed by atoms with Gasteiger partial charge in [0, 0.05) is 6.07 Å². The number of anilines is 1. The minimum atomic E-state index is -0.820. The molecule has 1 heterocycles. The number of aromatic hydroxyl groups is 1. The second-order valence-electron chi connectivity index (χ2n) is 4.05. The highest BCUT2D eigenvalue weighted by Gasteiger charge is 2.19. The van der Waals surface area contributed by atoms with Crippen LogP contribution in [0.15, 0.2) is 34.4 Å². The van der Waals surface area contributed by atoms with Gasteiger partial charge < -0.3 is 10.1 Å². The maximum Gasteiger partial charge on any atom is 0.301 e. The van der Waals surface area contributed by atoms with Crippen molar-refractivity contribution < 1.29 is 15.0 Å². The Kier molecular flexibility index (Phi) is 4.26. The zero-order valence-electron chi connectivity index (χ0n) is 11.2. The number of nitrogens with zero attached hydrogens (tertiary/aromatic N) is 4. The van der Waals surface area contributed by atoms with Crippen LogP contribution in [0.4, 0.5) is 17.1 Å². The van der Waals surface area contributed by atoms with Crippen molar-refractivity contribution in [1.82, 2.24) is 9.97 Å². The Balaban J connectivity index is 2.30. The van der Waals surface area contributed by atoms with Crippen LogP contribution < -0.4 is 11.0 Å². The summed E-state index contributed by atoms with van der Waals surface area (Å²) < 4.78 is 0. The highest BCUT2D eigenvalue weighted by Crippen LogP contribution is 2.28. The van der Waals surface area contributed by atoms with Gasteiger partial charge in [-0.2, -0.15) is 5.10 Å². The number of non-ortho nitro benzene ring substituents is 1. The molecule has 2 rings (SSSR count). The third-order valence-electron chi connectivity index (χ3n) is 2.64. The monoisotopic (exact) mass is 320 g/mol. The predicted octanol–water partition coefficient (Wildman–Crippen LogP) is 0.738. The Morgan fingerprint density at radius 1 is 1.30 bits per heavy atom. The molecular weight excluding hydrogens is 312 g/mol. The van der Waals surface area contributed by atoms with E-state index >= 15 is 0 Å². The van der Waals surface area contributed by atoms with Crippen LogP contribution in [-0.4, -0.2) is 31.1 Å².